The number of fused-ring (bicyclic) bond motifs is 3. The largest absolute Gasteiger partial charge is 0.335 e. The van der Waals surface area contributed by atoms with Crippen molar-refractivity contribution in [2.24, 2.45) is 4.40 Å². The molecule has 3 aliphatic rings. The van der Waals surface area contributed by atoms with Gasteiger partial charge in [0, 0.05) is 25.6 Å². The lowest BCUT2D eigenvalue weighted by molar-refractivity contribution is 0.0697. The Morgan fingerprint density at radius 2 is 2.00 bits per heavy atom. The van der Waals surface area contributed by atoms with E-state index in [0.717, 1.165) is 19.3 Å². The molecule has 0 unspecified atom stereocenters. The second-order valence-electron chi connectivity index (χ2n) is 8.30. The summed E-state index contributed by atoms with van der Waals surface area (Å²) in [4.78, 5) is 16.8. The fourth-order valence-corrected chi connectivity index (χ4v) is 7.76. The summed E-state index contributed by atoms with van der Waals surface area (Å²) in [6, 6.07) is 2.42. The summed E-state index contributed by atoms with van der Waals surface area (Å²) in [5, 5.41) is 0.159. The van der Waals surface area contributed by atoms with Gasteiger partial charge in [0.05, 0.1) is 27.8 Å². The van der Waals surface area contributed by atoms with Crippen LogP contribution in [-0.4, -0.2) is 64.1 Å². The van der Waals surface area contributed by atoms with E-state index in [1.54, 1.807) is 0 Å². The molecule has 1 atom stereocenters. The highest BCUT2D eigenvalue weighted by molar-refractivity contribution is 7.91. The Balaban J connectivity index is 1.75. The Hall–Kier alpha value is -1.65. The standard InChI is InChI=1S/C20H26ClN3O5S2/c1-2-8-23(14-7-10-30(26,27)13-14)20(25)15-11-18-17(12-16(15)21)24-9-5-3-4-6-19(24)22-31(18,28)29/h11-12,14H,2-10,13H2,1H3/t14-/m0/s1. The number of amidine groups is 1. The molecule has 11 heteroatoms. The lowest BCUT2D eigenvalue weighted by Crippen LogP contribution is -2.42. The Bertz CT molecular complexity index is 1150. The van der Waals surface area contributed by atoms with Crippen LogP contribution in [0.2, 0.25) is 5.02 Å². The van der Waals surface area contributed by atoms with Crippen molar-refractivity contribution in [3.8, 4) is 0 Å². The molecule has 0 aromatic heterocycles. The Kier molecular flexibility index (Phi) is 6.08. The Morgan fingerprint density at radius 1 is 1.23 bits per heavy atom. The third-order valence-corrected chi connectivity index (χ3v) is 9.44. The first-order valence-corrected chi connectivity index (χ1v) is 14.2. The number of sulfonamides is 1. The lowest BCUT2D eigenvalue weighted by atomic mass is 10.1. The van der Waals surface area contributed by atoms with Gasteiger partial charge < -0.3 is 9.80 Å². The van der Waals surface area contributed by atoms with Gasteiger partial charge in [0.2, 0.25) is 0 Å². The molecule has 3 aliphatic heterocycles. The van der Waals surface area contributed by atoms with Crippen molar-refractivity contribution < 1.29 is 21.6 Å². The van der Waals surface area contributed by atoms with E-state index in [4.69, 9.17) is 11.6 Å². The summed E-state index contributed by atoms with van der Waals surface area (Å²) < 4.78 is 53.7. The molecule has 1 aromatic rings. The molecule has 2 saturated heterocycles. The van der Waals surface area contributed by atoms with E-state index in [0.29, 0.717) is 43.9 Å². The van der Waals surface area contributed by atoms with Crippen molar-refractivity contribution in [1.82, 2.24) is 4.90 Å². The van der Waals surface area contributed by atoms with Crippen LogP contribution < -0.4 is 4.90 Å². The van der Waals surface area contributed by atoms with Crippen molar-refractivity contribution in [2.75, 3.05) is 29.5 Å². The van der Waals surface area contributed by atoms with E-state index >= 15 is 0 Å². The second-order valence-corrected chi connectivity index (χ2v) is 12.5. The van der Waals surface area contributed by atoms with Gasteiger partial charge >= 0.3 is 0 Å². The minimum absolute atomic E-state index is 0.0265. The minimum atomic E-state index is -3.96. The minimum Gasteiger partial charge on any atom is -0.335 e. The summed E-state index contributed by atoms with van der Waals surface area (Å²) in [6.07, 6.45) is 4.38. The zero-order valence-corrected chi connectivity index (χ0v) is 19.8. The van der Waals surface area contributed by atoms with Gasteiger partial charge in [-0.2, -0.15) is 8.42 Å². The fraction of sp³-hybridized carbons (Fsp3) is 0.600. The molecule has 3 heterocycles. The number of anilines is 1. The van der Waals surface area contributed by atoms with Gasteiger partial charge in [-0.3, -0.25) is 4.79 Å². The lowest BCUT2D eigenvalue weighted by Gasteiger charge is -2.31. The van der Waals surface area contributed by atoms with E-state index < -0.39 is 31.8 Å². The predicted molar refractivity (Wildman–Crippen MR) is 120 cm³/mol. The van der Waals surface area contributed by atoms with Crippen molar-refractivity contribution in [3.63, 3.8) is 0 Å². The highest BCUT2D eigenvalue weighted by Gasteiger charge is 2.37. The van der Waals surface area contributed by atoms with Crippen LogP contribution in [0.25, 0.3) is 0 Å². The first-order valence-electron chi connectivity index (χ1n) is 10.6. The number of amides is 1. The fourth-order valence-electron chi connectivity index (χ4n) is 4.53. The Labute approximate surface area is 188 Å². The zero-order valence-electron chi connectivity index (χ0n) is 17.4. The van der Waals surface area contributed by atoms with Crippen LogP contribution in [-0.2, 0) is 19.9 Å². The number of carbonyl (C=O) groups excluding carboxylic acids is 1. The van der Waals surface area contributed by atoms with E-state index in [1.165, 1.54) is 17.0 Å². The monoisotopic (exact) mass is 487 g/mol. The molecule has 0 saturated carbocycles. The summed E-state index contributed by atoms with van der Waals surface area (Å²) in [6.45, 7) is 2.92. The van der Waals surface area contributed by atoms with Crippen molar-refractivity contribution in [2.45, 2.75) is 56.4 Å². The maximum atomic E-state index is 13.4. The molecule has 8 nitrogen and oxygen atoms in total. The number of benzene rings is 1. The van der Waals surface area contributed by atoms with Crippen LogP contribution in [0.15, 0.2) is 21.4 Å². The molecule has 0 aliphatic carbocycles. The van der Waals surface area contributed by atoms with Crippen LogP contribution in [0, 0.1) is 0 Å². The van der Waals surface area contributed by atoms with Crippen molar-refractivity contribution in [3.05, 3.63) is 22.7 Å². The molecular weight excluding hydrogens is 462 g/mol. The average molecular weight is 488 g/mol. The van der Waals surface area contributed by atoms with Gasteiger partial charge in [-0.1, -0.05) is 24.9 Å². The van der Waals surface area contributed by atoms with Crippen molar-refractivity contribution >= 4 is 48.9 Å². The first-order chi connectivity index (χ1) is 14.6. The van der Waals surface area contributed by atoms with E-state index in [1.807, 2.05) is 11.8 Å². The molecule has 0 spiro atoms. The van der Waals surface area contributed by atoms with Gasteiger partial charge in [0.15, 0.2) is 9.84 Å². The number of hydrogen-bond acceptors (Lipinski definition) is 6. The molecule has 1 aromatic carbocycles. The predicted octanol–water partition coefficient (Wildman–Crippen LogP) is 2.86. The number of carbonyl (C=O) groups is 1. The number of hydrogen-bond donors (Lipinski definition) is 0. The van der Waals surface area contributed by atoms with Gasteiger partial charge in [-0.05, 0) is 37.8 Å². The van der Waals surface area contributed by atoms with E-state index in [-0.39, 0.29) is 27.0 Å². The van der Waals surface area contributed by atoms with Crippen LogP contribution in [0.4, 0.5) is 5.69 Å². The number of sulfone groups is 1. The molecule has 31 heavy (non-hydrogen) atoms. The van der Waals surface area contributed by atoms with Crippen LogP contribution in [0.1, 0.15) is 55.8 Å². The van der Waals surface area contributed by atoms with E-state index in [9.17, 15) is 21.6 Å². The number of rotatable bonds is 4. The summed E-state index contributed by atoms with van der Waals surface area (Å²) in [5.41, 5.74) is 0.522. The highest BCUT2D eigenvalue weighted by Crippen LogP contribution is 2.38. The highest BCUT2D eigenvalue weighted by atomic mass is 35.5. The molecule has 0 N–H and O–H groups in total. The summed E-state index contributed by atoms with van der Waals surface area (Å²) in [5.74, 6) is 0.0341. The van der Waals surface area contributed by atoms with Gasteiger partial charge in [0.1, 0.15) is 10.7 Å². The van der Waals surface area contributed by atoms with Gasteiger partial charge in [-0.15, -0.1) is 4.40 Å². The molecule has 4 rings (SSSR count). The molecule has 2 fully saturated rings. The van der Waals surface area contributed by atoms with Crippen LogP contribution in [0.5, 0.6) is 0 Å². The molecule has 0 bridgehead atoms. The van der Waals surface area contributed by atoms with Gasteiger partial charge in [-0.25, -0.2) is 8.42 Å². The molecule has 0 radical (unpaired) electrons. The molecule has 1 amide bonds. The van der Waals surface area contributed by atoms with E-state index in [2.05, 4.69) is 4.40 Å². The molecular formula is C20H26ClN3O5S2. The quantitative estimate of drug-likeness (QED) is 0.646. The summed E-state index contributed by atoms with van der Waals surface area (Å²) >= 11 is 6.50. The van der Waals surface area contributed by atoms with Crippen LogP contribution >= 0.6 is 11.6 Å². The third-order valence-electron chi connectivity index (χ3n) is 6.04. The van der Waals surface area contributed by atoms with Crippen molar-refractivity contribution in [1.29, 1.82) is 0 Å². The number of nitrogens with zero attached hydrogens (tertiary/aromatic N) is 3. The maximum Gasteiger partial charge on any atom is 0.286 e. The topological polar surface area (TPSA) is 104 Å². The Morgan fingerprint density at radius 3 is 2.68 bits per heavy atom. The van der Waals surface area contributed by atoms with Crippen LogP contribution in [0.3, 0.4) is 0 Å². The second kappa shape index (κ2) is 8.37. The summed E-state index contributed by atoms with van der Waals surface area (Å²) in [7, 11) is -7.14. The molecule has 170 valence electrons. The average Bonchev–Trinajstić information content (AvgIpc) is 2.90. The first kappa shape index (κ1) is 22.5. The normalized spacial score (nSPS) is 24.0. The maximum absolute atomic E-state index is 13.4. The SMILES string of the molecule is CCCN(C(=O)c1cc2c(cc1Cl)N1CCCCCC1=NS2(=O)=O)[C@H]1CCS(=O)(=O)C1. The smallest absolute Gasteiger partial charge is 0.286 e. The third kappa shape index (κ3) is 4.34. The number of halogens is 1. The zero-order chi connectivity index (χ0) is 22.4. The van der Waals surface area contributed by atoms with Gasteiger partial charge in [0.25, 0.3) is 15.9 Å².